The van der Waals surface area contributed by atoms with Crippen molar-refractivity contribution in [3.05, 3.63) is 89.7 Å². The SMILES string of the molecule is COc1ccc(CC(=O)NCCCc2nc3ccccc3n2CCOc2cccc(C)c2)cc1. The van der Waals surface area contributed by atoms with Crippen LogP contribution in [-0.4, -0.2) is 35.7 Å². The van der Waals surface area contributed by atoms with Gasteiger partial charge in [0.15, 0.2) is 0 Å². The zero-order valence-corrected chi connectivity index (χ0v) is 19.8. The molecular weight excluding hydrogens is 426 g/mol. The summed E-state index contributed by atoms with van der Waals surface area (Å²) >= 11 is 0. The second-order valence-corrected chi connectivity index (χ2v) is 8.31. The van der Waals surface area contributed by atoms with Crippen LogP contribution in [0, 0.1) is 6.92 Å². The van der Waals surface area contributed by atoms with Crippen molar-refractivity contribution in [2.24, 2.45) is 0 Å². The molecule has 1 amide bonds. The van der Waals surface area contributed by atoms with Crippen LogP contribution in [-0.2, 0) is 24.2 Å². The number of ether oxygens (including phenoxy) is 2. The number of aryl methyl sites for hydroxylation is 2. The van der Waals surface area contributed by atoms with Gasteiger partial charge in [-0.1, -0.05) is 36.4 Å². The monoisotopic (exact) mass is 457 g/mol. The van der Waals surface area contributed by atoms with Gasteiger partial charge in [-0.3, -0.25) is 4.79 Å². The fourth-order valence-electron chi connectivity index (χ4n) is 3.99. The first-order valence-corrected chi connectivity index (χ1v) is 11.7. The number of nitrogens with zero attached hydrogens (tertiary/aromatic N) is 2. The van der Waals surface area contributed by atoms with Crippen molar-refractivity contribution in [1.82, 2.24) is 14.9 Å². The molecule has 3 aromatic carbocycles. The number of methoxy groups -OCH3 is 1. The minimum atomic E-state index is 0.0187. The van der Waals surface area contributed by atoms with Gasteiger partial charge in [-0.15, -0.1) is 0 Å². The van der Waals surface area contributed by atoms with Gasteiger partial charge in [0.1, 0.15) is 23.9 Å². The highest BCUT2D eigenvalue weighted by molar-refractivity contribution is 5.78. The van der Waals surface area contributed by atoms with Gasteiger partial charge < -0.3 is 19.4 Å². The molecule has 0 atom stereocenters. The molecule has 0 bridgehead atoms. The van der Waals surface area contributed by atoms with Crippen LogP contribution in [0.2, 0.25) is 0 Å². The molecule has 1 aromatic heterocycles. The molecule has 4 rings (SSSR count). The number of carbonyl (C=O) groups is 1. The Morgan fingerprint density at radius 3 is 2.62 bits per heavy atom. The summed E-state index contributed by atoms with van der Waals surface area (Å²) < 4.78 is 13.4. The van der Waals surface area contributed by atoms with Gasteiger partial charge >= 0.3 is 0 Å². The third-order valence-corrected chi connectivity index (χ3v) is 5.73. The average molecular weight is 458 g/mol. The van der Waals surface area contributed by atoms with E-state index in [2.05, 4.69) is 28.9 Å². The molecule has 176 valence electrons. The van der Waals surface area contributed by atoms with Crippen molar-refractivity contribution in [1.29, 1.82) is 0 Å². The third kappa shape index (κ3) is 6.16. The molecule has 6 nitrogen and oxygen atoms in total. The van der Waals surface area contributed by atoms with E-state index in [0.717, 1.165) is 46.8 Å². The fraction of sp³-hybridized carbons (Fsp3) is 0.286. The van der Waals surface area contributed by atoms with E-state index in [1.54, 1.807) is 7.11 Å². The van der Waals surface area contributed by atoms with E-state index in [-0.39, 0.29) is 5.91 Å². The smallest absolute Gasteiger partial charge is 0.224 e. The lowest BCUT2D eigenvalue weighted by Gasteiger charge is -2.11. The zero-order valence-electron chi connectivity index (χ0n) is 19.8. The lowest BCUT2D eigenvalue weighted by molar-refractivity contribution is -0.120. The molecule has 34 heavy (non-hydrogen) atoms. The Balaban J connectivity index is 1.30. The number of imidazole rings is 1. The number of para-hydroxylation sites is 2. The Bertz CT molecular complexity index is 1230. The van der Waals surface area contributed by atoms with Crippen molar-refractivity contribution in [2.45, 2.75) is 32.7 Å². The van der Waals surface area contributed by atoms with Gasteiger partial charge in [-0.05, 0) is 60.9 Å². The topological polar surface area (TPSA) is 65.4 Å². The van der Waals surface area contributed by atoms with Gasteiger partial charge in [0.05, 0.1) is 31.1 Å². The van der Waals surface area contributed by atoms with Crippen LogP contribution >= 0.6 is 0 Å². The maximum Gasteiger partial charge on any atom is 0.224 e. The molecule has 0 unspecified atom stereocenters. The van der Waals surface area contributed by atoms with E-state index >= 15 is 0 Å². The van der Waals surface area contributed by atoms with E-state index in [1.165, 1.54) is 5.56 Å². The van der Waals surface area contributed by atoms with Crippen LogP contribution in [0.5, 0.6) is 11.5 Å². The summed E-state index contributed by atoms with van der Waals surface area (Å²) in [6.07, 6.45) is 1.96. The highest BCUT2D eigenvalue weighted by Crippen LogP contribution is 2.18. The minimum absolute atomic E-state index is 0.0187. The maximum absolute atomic E-state index is 12.3. The summed E-state index contributed by atoms with van der Waals surface area (Å²) in [6.45, 7) is 3.95. The van der Waals surface area contributed by atoms with E-state index in [0.29, 0.717) is 26.1 Å². The quantitative estimate of drug-likeness (QED) is 0.331. The molecule has 0 spiro atoms. The Kier molecular flexibility index (Phi) is 7.81. The first kappa shape index (κ1) is 23.4. The molecule has 0 saturated carbocycles. The Morgan fingerprint density at radius 2 is 1.82 bits per heavy atom. The molecule has 0 radical (unpaired) electrons. The molecule has 0 fully saturated rings. The van der Waals surface area contributed by atoms with Crippen LogP contribution in [0.1, 0.15) is 23.4 Å². The second-order valence-electron chi connectivity index (χ2n) is 8.31. The average Bonchev–Trinajstić information content (AvgIpc) is 3.20. The zero-order chi connectivity index (χ0) is 23.8. The lowest BCUT2D eigenvalue weighted by Crippen LogP contribution is -2.26. The van der Waals surface area contributed by atoms with Crippen LogP contribution in [0.3, 0.4) is 0 Å². The molecule has 0 saturated heterocycles. The molecule has 0 aliphatic rings. The van der Waals surface area contributed by atoms with Crippen molar-refractivity contribution < 1.29 is 14.3 Å². The fourth-order valence-corrected chi connectivity index (χ4v) is 3.99. The van der Waals surface area contributed by atoms with Crippen LogP contribution in [0.25, 0.3) is 11.0 Å². The van der Waals surface area contributed by atoms with Crippen molar-refractivity contribution in [3.63, 3.8) is 0 Å². The van der Waals surface area contributed by atoms with Gasteiger partial charge in [0, 0.05) is 13.0 Å². The highest BCUT2D eigenvalue weighted by Gasteiger charge is 2.11. The van der Waals surface area contributed by atoms with E-state index in [9.17, 15) is 4.79 Å². The van der Waals surface area contributed by atoms with Gasteiger partial charge in [-0.2, -0.15) is 0 Å². The number of amides is 1. The standard InChI is InChI=1S/C28H31N3O3/c1-21-7-5-8-24(19-21)34-18-17-31-26-10-4-3-9-25(26)30-27(31)11-6-16-29-28(32)20-22-12-14-23(33-2)15-13-22/h3-5,7-10,12-15,19H,6,11,16-18,20H2,1-2H3,(H,29,32). The summed E-state index contributed by atoms with van der Waals surface area (Å²) in [5.74, 6) is 2.70. The molecule has 1 N–H and O–H groups in total. The number of carbonyl (C=O) groups excluding carboxylic acids is 1. The first-order valence-electron chi connectivity index (χ1n) is 11.7. The minimum Gasteiger partial charge on any atom is -0.497 e. The van der Waals surface area contributed by atoms with Crippen molar-refractivity contribution in [3.8, 4) is 11.5 Å². The van der Waals surface area contributed by atoms with Gasteiger partial charge in [0.2, 0.25) is 5.91 Å². The third-order valence-electron chi connectivity index (χ3n) is 5.73. The lowest BCUT2D eigenvalue weighted by atomic mass is 10.1. The predicted molar refractivity (Wildman–Crippen MR) is 134 cm³/mol. The molecule has 4 aromatic rings. The van der Waals surface area contributed by atoms with Crippen molar-refractivity contribution in [2.75, 3.05) is 20.3 Å². The summed E-state index contributed by atoms with van der Waals surface area (Å²) in [6, 6.07) is 23.8. The molecule has 0 aliphatic heterocycles. The Hall–Kier alpha value is -3.80. The van der Waals surface area contributed by atoms with Crippen LogP contribution < -0.4 is 14.8 Å². The number of rotatable bonds is 11. The second kappa shape index (κ2) is 11.4. The van der Waals surface area contributed by atoms with E-state index < -0.39 is 0 Å². The summed E-state index contributed by atoms with van der Waals surface area (Å²) in [5.41, 5.74) is 4.24. The number of nitrogens with one attached hydrogen (secondary N) is 1. The van der Waals surface area contributed by atoms with Crippen LogP contribution in [0.15, 0.2) is 72.8 Å². The number of benzene rings is 3. The number of fused-ring (bicyclic) bond motifs is 1. The predicted octanol–water partition coefficient (Wildman–Crippen LogP) is 4.72. The Labute approximate surface area is 200 Å². The summed E-state index contributed by atoms with van der Waals surface area (Å²) in [5, 5.41) is 3.02. The molecule has 0 aliphatic carbocycles. The largest absolute Gasteiger partial charge is 0.497 e. The van der Waals surface area contributed by atoms with E-state index in [1.807, 2.05) is 60.7 Å². The van der Waals surface area contributed by atoms with Crippen LogP contribution in [0.4, 0.5) is 0 Å². The normalized spacial score (nSPS) is 10.9. The number of aromatic nitrogens is 2. The van der Waals surface area contributed by atoms with Gasteiger partial charge in [0.25, 0.3) is 0 Å². The first-order chi connectivity index (χ1) is 16.6. The summed E-state index contributed by atoms with van der Waals surface area (Å²) in [7, 11) is 1.63. The van der Waals surface area contributed by atoms with Crippen molar-refractivity contribution >= 4 is 16.9 Å². The van der Waals surface area contributed by atoms with Gasteiger partial charge in [-0.25, -0.2) is 4.98 Å². The maximum atomic E-state index is 12.3. The molecule has 6 heteroatoms. The highest BCUT2D eigenvalue weighted by atomic mass is 16.5. The Morgan fingerprint density at radius 1 is 1.00 bits per heavy atom. The summed E-state index contributed by atoms with van der Waals surface area (Å²) in [4.78, 5) is 17.1. The molecular formula is C28H31N3O3. The number of hydrogen-bond acceptors (Lipinski definition) is 4. The number of hydrogen-bond donors (Lipinski definition) is 1. The van der Waals surface area contributed by atoms with E-state index in [4.69, 9.17) is 14.5 Å². The molecule has 1 heterocycles.